The molecule has 1 N–H and O–H groups in total. The minimum atomic E-state index is -0.477. The SMILES string of the molecule is COc1ccc2c(c1)c(CC(=O)OCCNC(=O)c1cccnc1)c(C)n2C(=O)c1ccc(Cl)cc1. The molecule has 9 heteroatoms. The molecule has 2 aromatic carbocycles. The largest absolute Gasteiger partial charge is 0.497 e. The third kappa shape index (κ3) is 5.39. The van der Waals surface area contributed by atoms with Gasteiger partial charge in [-0.05, 0) is 67.1 Å². The topological polar surface area (TPSA) is 99.5 Å². The number of benzene rings is 2. The molecule has 4 rings (SSSR count). The van der Waals surface area contributed by atoms with E-state index in [4.69, 9.17) is 21.1 Å². The smallest absolute Gasteiger partial charge is 0.310 e. The molecule has 0 aliphatic rings. The Labute approximate surface area is 212 Å². The predicted octanol–water partition coefficient (Wildman–Crippen LogP) is 4.21. The number of fused-ring (bicyclic) bond motifs is 1. The van der Waals surface area contributed by atoms with E-state index in [0.29, 0.717) is 38.7 Å². The highest BCUT2D eigenvalue weighted by molar-refractivity contribution is 6.30. The van der Waals surface area contributed by atoms with Crippen LogP contribution in [-0.2, 0) is 16.0 Å². The molecule has 184 valence electrons. The van der Waals surface area contributed by atoms with Gasteiger partial charge in [-0.1, -0.05) is 11.6 Å². The number of methoxy groups -OCH3 is 1. The van der Waals surface area contributed by atoms with Crippen LogP contribution >= 0.6 is 11.6 Å². The highest BCUT2D eigenvalue weighted by atomic mass is 35.5. The number of rotatable bonds is 8. The van der Waals surface area contributed by atoms with Gasteiger partial charge < -0.3 is 14.8 Å². The summed E-state index contributed by atoms with van der Waals surface area (Å²) in [7, 11) is 1.55. The summed E-state index contributed by atoms with van der Waals surface area (Å²) in [4.78, 5) is 42.0. The Balaban J connectivity index is 1.51. The maximum Gasteiger partial charge on any atom is 0.310 e. The van der Waals surface area contributed by atoms with Crippen LogP contribution < -0.4 is 10.1 Å². The van der Waals surface area contributed by atoms with Crippen molar-refractivity contribution in [3.63, 3.8) is 0 Å². The molecular formula is C27H24ClN3O5. The molecule has 0 spiro atoms. The number of esters is 1. The highest BCUT2D eigenvalue weighted by Gasteiger charge is 2.22. The van der Waals surface area contributed by atoms with Gasteiger partial charge in [0.1, 0.15) is 12.4 Å². The number of carbonyl (C=O) groups is 3. The predicted molar refractivity (Wildman–Crippen MR) is 136 cm³/mol. The van der Waals surface area contributed by atoms with Crippen LogP contribution in [0.4, 0.5) is 0 Å². The van der Waals surface area contributed by atoms with Crippen LogP contribution in [0.15, 0.2) is 67.0 Å². The second kappa shape index (κ2) is 11.0. The zero-order valence-corrected chi connectivity index (χ0v) is 20.5. The Hall–Kier alpha value is -4.17. The molecule has 0 aliphatic carbocycles. The number of amides is 1. The Morgan fingerprint density at radius 2 is 1.83 bits per heavy atom. The fourth-order valence-corrected chi connectivity index (χ4v) is 4.05. The van der Waals surface area contributed by atoms with E-state index >= 15 is 0 Å². The molecule has 0 radical (unpaired) electrons. The van der Waals surface area contributed by atoms with E-state index in [-0.39, 0.29) is 31.4 Å². The summed E-state index contributed by atoms with van der Waals surface area (Å²) >= 11 is 5.97. The Morgan fingerprint density at radius 1 is 1.06 bits per heavy atom. The van der Waals surface area contributed by atoms with Crippen LogP contribution in [-0.4, -0.2) is 47.6 Å². The minimum absolute atomic E-state index is 0.00947. The number of pyridine rings is 1. The normalized spacial score (nSPS) is 10.8. The lowest BCUT2D eigenvalue weighted by atomic mass is 10.1. The first-order chi connectivity index (χ1) is 17.4. The lowest BCUT2D eigenvalue weighted by Gasteiger charge is -2.09. The van der Waals surface area contributed by atoms with Crippen molar-refractivity contribution >= 4 is 40.3 Å². The van der Waals surface area contributed by atoms with Crippen LogP contribution in [0, 0.1) is 6.92 Å². The van der Waals surface area contributed by atoms with Crippen LogP contribution in [0.3, 0.4) is 0 Å². The van der Waals surface area contributed by atoms with Gasteiger partial charge in [-0.25, -0.2) is 0 Å². The molecule has 0 fully saturated rings. The van der Waals surface area contributed by atoms with Crippen molar-refractivity contribution in [2.24, 2.45) is 0 Å². The van der Waals surface area contributed by atoms with Crippen LogP contribution in [0.1, 0.15) is 32.0 Å². The van der Waals surface area contributed by atoms with Gasteiger partial charge in [0.2, 0.25) is 0 Å². The van der Waals surface area contributed by atoms with Gasteiger partial charge in [-0.2, -0.15) is 0 Å². The fraction of sp³-hybridized carbons (Fsp3) is 0.185. The summed E-state index contributed by atoms with van der Waals surface area (Å²) in [6.07, 6.45) is 2.99. The maximum absolute atomic E-state index is 13.4. The van der Waals surface area contributed by atoms with Crippen molar-refractivity contribution < 1.29 is 23.9 Å². The van der Waals surface area contributed by atoms with E-state index in [1.807, 2.05) is 0 Å². The van der Waals surface area contributed by atoms with Gasteiger partial charge in [0, 0.05) is 34.1 Å². The summed E-state index contributed by atoms with van der Waals surface area (Å²) in [5, 5.41) is 3.94. The summed E-state index contributed by atoms with van der Waals surface area (Å²) in [6.45, 7) is 1.95. The third-order valence-electron chi connectivity index (χ3n) is 5.73. The number of nitrogens with one attached hydrogen (secondary N) is 1. The van der Waals surface area contributed by atoms with Crippen LogP contribution in [0.25, 0.3) is 10.9 Å². The number of hydrogen-bond acceptors (Lipinski definition) is 6. The second-order valence-corrected chi connectivity index (χ2v) is 8.43. The number of ether oxygens (including phenoxy) is 2. The van der Waals surface area contributed by atoms with Gasteiger partial charge in [0.25, 0.3) is 11.8 Å². The fourth-order valence-electron chi connectivity index (χ4n) is 3.92. The van der Waals surface area contributed by atoms with Gasteiger partial charge >= 0.3 is 5.97 Å². The van der Waals surface area contributed by atoms with Gasteiger partial charge in [-0.3, -0.25) is 23.9 Å². The molecule has 0 saturated heterocycles. The standard InChI is InChI=1S/C27H24ClN3O5/c1-17-22(15-25(32)36-13-12-30-26(33)19-4-3-11-29-16-19)23-14-21(35-2)9-10-24(23)31(17)27(34)18-5-7-20(28)8-6-18/h3-11,14,16H,12-13,15H2,1-2H3,(H,30,33). The summed E-state index contributed by atoms with van der Waals surface area (Å²) in [5.41, 5.74) is 2.83. The minimum Gasteiger partial charge on any atom is -0.497 e. The molecule has 4 aromatic rings. The van der Waals surface area contributed by atoms with Gasteiger partial charge in [0.05, 0.1) is 31.2 Å². The number of aromatic nitrogens is 2. The van der Waals surface area contributed by atoms with E-state index in [1.165, 1.54) is 6.20 Å². The molecule has 2 aromatic heterocycles. The zero-order chi connectivity index (χ0) is 25.7. The van der Waals surface area contributed by atoms with E-state index in [2.05, 4.69) is 10.3 Å². The van der Waals surface area contributed by atoms with Crippen molar-refractivity contribution in [3.8, 4) is 5.75 Å². The van der Waals surface area contributed by atoms with Gasteiger partial charge in [-0.15, -0.1) is 0 Å². The lowest BCUT2D eigenvalue weighted by molar-refractivity contribution is -0.142. The molecule has 0 unspecified atom stereocenters. The van der Waals surface area contributed by atoms with Crippen LogP contribution in [0.2, 0.25) is 5.02 Å². The summed E-state index contributed by atoms with van der Waals surface area (Å²) in [5.74, 6) is -0.413. The van der Waals surface area contributed by atoms with Crippen molar-refractivity contribution in [1.82, 2.24) is 14.9 Å². The average molecular weight is 506 g/mol. The molecule has 0 saturated carbocycles. The first-order valence-electron chi connectivity index (χ1n) is 11.2. The Kier molecular flexibility index (Phi) is 7.65. The number of hydrogen-bond donors (Lipinski definition) is 1. The third-order valence-corrected chi connectivity index (χ3v) is 5.98. The molecule has 36 heavy (non-hydrogen) atoms. The van der Waals surface area contributed by atoms with E-state index in [1.54, 1.807) is 79.4 Å². The number of halogens is 1. The van der Waals surface area contributed by atoms with E-state index in [0.717, 1.165) is 5.39 Å². The molecule has 0 atom stereocenters. The Morgan fingerprint density at radius 3 is 2.53 bits per heavy atom. The number of nitrogens with zero attached hydrogens (tertiary/aromatic N) is 2. The molecule has 0 aliphatic heterocycles. The zero-order valence-electron chi connectivity index (χ0n) is 19.8. The maximum atomic E-state index is 13.4. The quantitative estimate of drug-likeness (QED) is 0.284. The van der Waals surface area contributed by atoms with E-state index in [9.17, 15) is 14.4 Å². The first-order valence-corrected chi connectivity index (χ1v) is 11.6. The molecule has 2 heterocycles. The van der Waals surface area contributed by atoms with Gasteiger partial charge in [0.15, 0.2) is 0 Å². The van der Waals surface area contributed by atoms with Crippen molar-refractivity contribution in [3.05, 3.63) is 94.4 Å². The Bertz CT molecular complexity index is 1420. The molecule has 1 amide bonds. The van der Waals surface area contributed by atoms with Crippen molar-refractivity contribution in [1.29, 1.82) is 0 Å². The number of carbonyl (C=O) groups excluding carboxylic acids is 3. The molecule has 8 nitrogen and oxygen atoms in total. The summed E-state index contributed by atoms with van der Waals surface area (Å²) < 4.78 is 12.3. The van der Waals surface area contributed by atoms with Crippen LogP contribution in [0.5, 0.6) is 5.75 Å². The second-order valence-electron chi connectivity index (χ2n) is 7.99. The highest BCUT2D eigenvalue weighted by Crippen LogP contribution is 2.31. The van der Waals surface area contributed by atoms with E-state index < -0.39 is 5.97 Å². The van der Waals surface area contributed by atoms with Crippen molar-refractivity contribution in [2.45, 2.75) is 13.3 Å². The monoisotopic (exact) mass is 505 g/mol. The lowest BCUT2D eigenvalue weighted by Crippen LogP contribution is -2.28. The molecular weight excluding hydrogens is 482 g/mol. The van der Waals surface area contributed by atoms with Crippen molar-refractivity contribution in [2.75, 3.05) is 20.3 Å². The first kappa shape index (κ1) is 24.9. The molecule has 0 bridgehead atoms. The summed E-state index contributed by atoms with van der Waals surface area (Å²) in [6, 6.07) is 15.3. The average Bonchev–Trinajstić information content (AvgIpc) is 3.17.